The Labute approximate surface area is 94.6 Å². The Balaban J connectivity index is 2.55. The second-order valence-electron chi connectivity index (χ2n) is 2.81. The molecule has 0 unspecified atom stereocenters. The second kappa shape index (κ2) is 3.63. The topological polar surface area (TPSA) is 43.8 Å². The molecule has 5 heteroatoms. The summed E-state index contributed by atoms with van der Waals surface area (Å²) in [6.07, 6.45) is 3.30. The molecular weight excluding hydrogens is 265 g/mol. The molecule has 1 aromatic carbocycles. The zero-order valence-electron chi connectivity index (χ0n) is 7.11. The van der Waals surface area contributed by atoms with Crippen molar-refractivity contribution in [2.45, 2.75) is 0 Å². The van der Waals surface area contributed by atoms with Gasteiger partial charge < -0.3 is 5.73 Å². The van der Waals surface area contributed by atoms with E-state index in [0.29, 0.717) is 10.7 Å². The molecule has 2 rings (SSSR count). The van der Waals surface area contributed by atoms with E-state index in [9.17, 15) is 0 Å². The molecule has 1 heterocycles. The number of nitrogens with two attached hydrogens (primary N) is 1. The zero-order chi connectivity index (χ0) is 10.1. The van der Waals surface area contributed by atoms with Crippen molar-refractivity contribution in [2.24, 2.45) is 0 Å². The molecule has 0 saturated carbocycles. The maximum absolute atomic E-state index is 5.77. The first-order chi connectivity index (χ1) is 6.66. The van der Waals surface area contributed by atoms with E-state index in [2.05, 4.69) is 21.0 Å². The Hall–Kier alpha value is -1.00. The van der Waals surface area contributed by atoms with Crippen molar-refractivity contribution in [3.8, 4) is 5.69 Å². The van der Waals surface area contributed by atoms with E-state index in [4.69, 9.17) is 17.3 Å². The van der Waals surface area contributed by atoms with Gasteiger partial charge in [0.05, 0.1) is 16.9 Å². The highest BCUT2D eigenvalue weighted by atomic mass is 79.9. The van der Waals surface area contributed by atoms with E-state index in [1.54, 1.807) is 17.1 Å². The van der Waals surface area contributed by atoms with Crippen molar-refractivity contribution >= 4 is 33.2 Å². The maximum Gasteiger partial charge on any atom is 0.0808 e. The Morgan fingerprint density at radius 1 is 1.43 bits per heavy atom. The van der Waals surface area contributed by atoms with Crippen LogP contribution in [0.2, 0.25) is 5.02 Å². The molecule has 0 amide bonds. The summed E-state index contributed by atoms with van der Waals surface area (Å²) in [5, 5.41) is 4.68. The lowest BCUT2D eigenvalue weighted by Crippen LogP contribution is -1.97. The van der Waals surface area contributed by atoms with Crippen molar-refractivity contribution in [2.75, 3.05) is 5.73 Å². The molecule has 0 radical (unpaired) electrons. The second-order valence-corrected chi connectivity index (χ2v) is 4.10. The van der Waals surface area contributed by atoms with Gasteiger partial charge >= 0.3 is 0 Å². The van der Waals surface area contributed by atoms with E-state index in [1.807, 2.05) is 18.2 Å². The Bertz CT molecular complexity index is 467. The average Bonchev–Trinajstić information content (AvgIpc) is 2.56. The van der Waals surface area contributed by atoms with Gasteiger partial charge in [0.15, 0.2) is 0 Å². The number of halogens is 2. The van der Waals surface area contributed by atoms with Gasteiger partial charge in [-0.25, -0.2) is 4.68 Å². The molecule has 0 saturated heterocycles. The van der Waals surface area contributed by atoms with Crippen molar-refractivity contribution < 1.29 is 0 Å². The van der Waals surface area contributed by atoms with Crippen molar-refractivity contribution in [3.05, 3.63) is 40.1 Å². The largest absolute Gasteiger partial charge is 0.399 e. The number of hydrogen-bond donors (Lipinski definition) is 1. The SMILES string of the molecule is Nc1ccc(Br)c(-n2cc(Cl)cn2)c1. The predicted molar refractivity (Wildman–Crippen MR) is 60.7 cm³/mol. The molecule has 72 valence electrons. The first kappa shape index (κ1) is 9.55. The molecule has 0 atom stereocenters. The van der Waals surface area contributed by atoms with Crippen LogP contribution in [0.15, 0.2) is 35.1 Å². The van der Waals surface area contributed by atoms with Crippen molar-refractivity contribution in [1.29, 1.82) is 0 Å². The fourth-order valence-corrected chi connectivity index (χ4v) is 1.70. The van der Waals surface area contributed by atoms with Gasteiger partial charge in [-0.05, 0) is 34.1 Å². The lowest BCUT2D eigenvalue weighted by molar-refractivity contribution is 0.877. The minimum atomic E-state index is 0.597. The molecule has 3 nitrogen and oxygen atoms in total. The molecule has 2 N–H and O–H groups in total. The summed E-state index contributed by atoms with van der Waals surface area (Å²) < 4.78 is 2.59. The molecule has 0 aliphatic rings. The third kappa shape index (κ3) is 1.76. The number of aromatic nitrogens is 2. The van der Waals surface area contributed by atoms with Crippen LogP contribution in [0.3, 0.4) is 0 Å². The third-order valence-corrected chi connectivity index (χ3v) is 2.63. The zero-order valence-corrected chi connectivity index (χ0v) is 9.46. The van der Waals surface area contributed by atoms with Gasteiger partial charge in [-0.15, -0.1) is 0 Å². The maximum atomic E-state index is 5.77. The standard InChI is InChI=1S/C9H7BrClN3/c10-8-2-1-7(12)3-9(8)14-5-6(11)4-13-14/h1-5H,12H2. The van der Waals surface area contributed by atoms with Crippen LogP contribution in [-0.4, -0.2) is 9.78 Å². The van der Waals surface area contributed by atoms with Crippen molar-refractivity contribution in [3.63, 3.8) is 0 Å². The normalized spacial score (nSPS) is 10.4. The number of nitrogen functional groups attached to an aromatic ring is 1. The quantitative estimate of drug-likeness (QED) is 0.811. The summed E-state index contributed by atoms with van der Waals surface area (Å²) in [6, 6.07) is 5.52. The molecule has 0 aliphatic heterocycles. The van der Waals surface area contributed by atoms with Gasteiger partial charge in [0.1, 0.15) is 0 Å². The van der Waals surface area contributed by atoms with Crippen LogP contribution in [-0.2, 0) is 0 Å². The number of nitrogens with zero attached hydrogens (tertiary/aromatic N) is 2. The van der Waals surface area contributed by atoms with Crippen LogP contribution in [0.4, 0.5) is 5.69 Å². The highest BCUT2D eigenvalue weighted by Gasteiger charge is 2.04. The Morgan fingerprint density at radius 3 is 2.86 bits per heavy atom. The van der Waals surface area contributed by atoms with Gasteiger partial charge in [-0.1, -0.05) is 11.6 Å². The smallest absolute Gasteiger partial charge is 0.0808 e. The fourth-order valence-electron chi connectivity index (χ4n) is 1.14. The van der Waals surface area contributed by atoms with Gasteiger partial charge in [-0.3, -0.25) is 0 Å². The molecular formula is C9H7BrClN3. The average molecular weight is 273 g/mol. The minimum Gasteiger partial charge on any atom is -0.399 e. The lowest BCUT2D eigenvalue weighted by atomic mass is 10.3. The third-order valence-electron chi connectivity index (χ3n) is 1.77. The van der Waals surface area contributed by atoms with E-state index in [-0.39, 0.29) is 0 Å². The molecule has 0 bridgehead atoms. The highest BCUT2D eigenvalue weighted by Crippen LogP contribution is 2.23. The number of rotatable bonds is 1. The van der Waals surface area contributed by atoms with Crippen LogP contribution in [0.25, 0.3) is 5.69 Å². The summed E-state index contributed by atoms with van der Waals surface area (Å²) in [4.78, 5) is 0. The van der Waals surface area contributed by atoms with Crippen LogP contribution >= 0.6 is 27.5 Å². The minimum absolute atomic E-state index is 0.597. The van der Waals surface area contributed by atoms with Gasteiger partial charge in [0.2, 0.25) is 0 Å². The number of benzene rings is 1. The van der Waals surface area contributed by atoms with E-state index >= 15 is 0 Å². The summed E-state index contributed by atoms with van der Waals surface area (Å²) in [6.45, 7) is 0. The molecule has 2 aromatic rings. The van der Waals surface area contributed by atoms with E-state index < -0.39 is 0 Å². The monoisotopic (exact) mass is 271 g/mol. The van der Waals surface area contributed by atoms with Crippen LogP contribution in [0.1, 0.15) is 0 Å². The van der Waals surface area contributed by atoms with Gasteiger partial charge in [-0.2, -0.15) is 5.10 Å². The summed E-state index contributed by atoms with van der Waals surface area (Å²) in [7, 11) is 0. The van der Waals surface area contributed by atoms with Crippen LogP contribution in [0, 0.1) is 0 Å². The number of hydrogen-bond acceptors (Lipinski definition) is 2. The van der Waals surface area contributed by atoms with Crippen molar-refractivity contribution in [1.82, 2.24) is 9.78 Å². The molecule has 0 spiro atoms. The fraction of sp³-hybridized carbons (Fsp3) is 0. The molecule has 1 aromatic heterocycles. The van der Waals surface area contributed by atoms with Gasteiger partial charge in [0, 0.05) is 16.4 Å². The molecule has 14 heavy (non-hydrogen) atoms. The van der Waals surface area contributed by atoms with E-state index in [0.717, 1.165) is 10.2 Å². The Kier molecular flexibility index (Phi) is 2.48. The highest BCUT2D eigenvalue weighted by molar-refractivity contribution is 9.10. The lowest BCUT2D eigenvalue weighted by Gasteiger charge is -2.04. The van der Waals surface area contributed by atoms with Crippen LogP contribution < -0.4 is 5.73 Å². The summed E-state index contributed by atoms with van der Waals surface area (Å²) >= 11 is 9.19. The molecule has 0 aliphatic carbocycles. The first-order valence-corrected chi connectivity index (χ1v) is 5.09. The Morgan fingerprint density at radius 2 is 2.21 bits per heavy atom. The molecule has 0 fully saturated rings. The predicted octanol–water partition coefficient (Wildman–Crippen LogP) is 2.87. The van der Waals surface area contributed by atoms with Crippen LogP contribution in [0.5, 0.6) is 0 Å². The number of anilines is 1. The van der Waals surface area contributed by atoms with E-state index in [1.165, 1.54) is 0 Å². The first-order valence-electron chi connectivity index (χ1n) is 3.92. The summed E-state index contributed by atoms with van der Waals surface area (Å²) in [5.41, 5.74) is 7.24. The van der Waals surface area contributed by atoms with Gasteiger partial charge in [0.25, 0.3) is 0 Å². The summed E-state index contributed by atoms with van der Waals surface area (Å²) in [5.74, 6) is 0.